The summed E-state index contributed by atoms with van der Waals surface area (Å²) in [5, 5.41) is 31.3. The maximum atomic E-state index is 4.46. The van der Waals surface area contributed by atoms with Crippen LogP contribution >= 0.6 is 0 Å². The summed E-state index contributed by atoms with van der Waals surface area (Å²) in [6, 6.07) is 0.150. The molecule has 2 unspecified atom stereocenters. The molecule has 0 bridgehead atoms. The topological polar surface area (TPSA) is 139 Å². The molecule has 0 saturated heterocycles. The van der Waals surface area contributed by atoms with Gasteiger partial charge in [0.1, 0.15) is 5.69 Å². The maximum Gasteiger partial charge on any atom is 0.224 e. The van der Waals surface area contributed by atoms with Crippen molar-refractivity contribution in [2.24, 2.45) is 0 Å². The Morgan fingerprint density at radius 2 is 2.05 bits per heavy atom. The molecule has 3 aromatic heterocycles. The molecule has 4 heterocycles. The Hall–Kier alpha value is -2.85. The number of rotatable bonds is 2. The number of nitrogens with one attached hydrogen (secondary N) is 3. The normalized spacial score (nSPS) is 21.4. The van der Waals surface area contributed by atoms with Gasteiger partial charge in [-0.05, 0) is 12.1 Å². The Balaban J connectivity index is 1.71. The van der Waals surface area contributed by atoms with Gasteiger partial charge in [0.05, 0.1) is 5.92 Å². The second-order valence-corrected chi connectivity index (χ2v) is 4.59. The third-order valence-electron chi connectivity index (χ3n) is 3.50. The van der Waals surface area contributed by atoms with Gasteiger partial charge in [0.25, 0.3) is 0 Å². The molecule has 1 aliphatic rings. The van der Waals surface area contributed by atoms with E-state index in [0.29, 0.717) is 23.9 Å². The third kappa shape index (κ3) is 1.56. The van der Waals surface area contributed by atoms with Crippen LogP contribution in [0.3, 0.4) is 0 Å². The molecule has 11 heteroatoms. The SMILES string of the molecule is CC1C(c2nn[nH]n2)CNc2nc(-c3nn[nH]n3)cn21. The number of anilines is 1. The number of nitrogens with zero attached hydrogens (tertiary/aromatic N) is 8. The molecule has 1 aliphatic heterocycles. The monoisotopic (exact) mass is 273 g/mol. The van der Waals surface area contributed by atoms with Crippen LogP contribution in [0.15, 0.2) is 6.20 Å². The average Bonchev–Trinajstić information content (AvgIpc) is 3.20. The van der Waals surface area contributed by atoms with Crippen LogP contribution in [0, 0.1) is 0 Å². The number of aromatic amines is 2. The highest BCUT2D eigenvalue weighted by atomic mass is 15.5. The Kier molecular flexibility index (Phi) is 2.25. The van der Waals surface area contributed by atoms with Gasteiger partial charge in [0, 0.05) is 18.8 Å². The molecule has 102 valence electrons. The highest BCUT2D eigenvalue weighted by molar-refractivity contribution is 5.52. The zero-order chi connectivity index (χ0) is 13.5. The number of fused-ring (bicyclic) bond motifs is 1. The first-order valence-electron chi connectivity index (χ1n) is 6.13. The minimum Gasteiger partial charge on any atom is -0.355 e. The van der Waals surface area contributed by atoms with Crippen molar-refractivity contribution in [1.82, 2.24) is 50.8 Å². The van der Waals surface area contributed by atoms with E-state index < -0.39 is 0 Å². The van der Waals surface area contributed by atoms with Gasteiger partial charge in [-0.2, -0.15) is 10.4 Å². The summed E-state index contributed by atoms with van der Waals surface area (Å²) in [5.41, 5.74) is 0.668. The smallest absolute Gasteiger partial charge is 0.224 e. The molecule has 0 aliphatic carbocycles. The maximum absolute atomic E-state index is 4.46. The highest BCUT2D eigenvalue weighted by Crippen LogP contribution is 2.34. The Labute approximate surface area is 112 Å². The summed E-state index contributed by atoms with van der Waals surface area (Å²) in [7, 11) is 0. The van der Waals surface area contributed by atoms with Crippen LogP contribution in [0.25, 0.3) is 11.5 Å². The molecular formula is C9H11N11. The van der Waals surface area contributed by atoms with E-state index in [1.165, 1.54) is 0 Å². The fourth-order valence-corrected chi connectivity index (χ4v) is 2.41. The van der Waals surface area contributed by atoms with Gasteiger partial charge >= 0.3 is 0 Å². The number of imidazole rings is 1. The first kappa shape index (κ1) is 11.0. The molecular weight excluding hydrogens is 262 g/mol. The molecule has 11 nitrogen and oxygen atoms in total. The van der Waals surface area contributed by atoms with Crippen molar-refractivity contribution >= 4 is 5.95 Å². The van der Waals surface area contributed by atoms with E-state index >= 15 is 0 Å². The molecule has 0 amide bonds. The molecule has 4 rings (SSSR count). The van der Waals surface area contributed by atoms with E-state index in [4.69, 9.17) is 0 Å². The standard InChI is InChI=1S/C9H11N11/c1-4-5(7-12-16-17-13-7)2-10-9-11-6(3-20(4)9)8-14-18-19-15-8/h3-5H,2H2,1H3,(H,10,11)(H,12,13,16,17)(H,14,15,18,19). The predicted molar refractivity (Wildman–Crippen MR) is 65.5 cm³/mol. The molecule has 0 radical (unpaired) electrons. The van der Waals surface area contributed by atoms with E-state index in [-0.39, 0.29) is 12.0 Å². The van der Waals surface area contributed by atoms with Crippen molar-refractivity contribution in [1.29, 1.82) is 0 Å². The van der Waals surface area contributed by atoms with E-state index in [0.717, 1.165) is 5.95 Å². The zero-order valence-corrected chi connectivity index (χ0v) is 10.5. The van der Waals surface area contributed by atoms with E-state index in [1.807, 2.05) is 10.8 Å². The van der Waals surface area contributed by atoms with Crippen LogP contribution in [-0.4, -0.2) is 57.3 Å². The molecule has 0 fully saturated rings. The van der Waals surface area contributed by atoms with Crippen molar-refractivity contribution in [2.45, 2.75) is 18.9 Å². The second-order valence-electron chi connectivity index (χ2n) is 4.59. The van der Waals surface area contributed by atoms with Crippen LogP contribution in [0.5, 0.6) is 0 Å². The van der Waals surface area contributed by atoms with Crippen LogP contribution in [0.2, 0.25) is 0 Å². The van der Waals surface area contributed by atoms with Gasteiger partial charge in [-0.15, -0.1) is 20.4 Å². The summed E-state index contributed by atoms with van der Waals surface area (Å²) in [6.07, 6.45) is 1.89. The summed E-state index contributed by atoms with van der Waals surface area (Å²) >= 11 is 0. The number of tetrazole rings is 2. The first-order chi connectivity index (χ1) is 9.83. The van der Waals surface area contributed by atoms with Crippen molar-refractivity contribution in [2.75, 3.05) is 11.9 Å². The average molecular weight is 273 g/mol. The Morgan fingerprint density at radius 3 is 2.80 bits per heavy atom. The molecule has 20 heavy (non-hydrogen) atoms. The zero-order valence-electron chi connectivity index (χ0n) is 10.5. The number of hydrogen-bond acceptors (Lipinski definition) is 8. The van der Waals surface area contributed by atoms with Crippen molar-refractivity contribution in [3.05, 3.63) is 12.0 Å². The lowest BCUT2D eigenvalue weighted by Crippen LogP contribution is -2.29. The minimum absolute atomic E-state index is 0.119. The summed E-state index contributed by atoms with van der Waals surface area (Å²) < 4.78 is 2.02. The van der Waals surface area contributed by atoms with Crippen LogP contribution in [-0.2, 0) is 0 Å². The fraction of sp³-hybridized carbons (Fsp3) is 0.444. The van der Waals surface area contributed by atoms with E-state index in [1.54, 1.807) is 0 Å². The van der Waals surface area contributed by atoms with Crippen molar-refractivity contribution in [3.63, 3.8) is 0 Å². The quantitative estimate of drug-likeness (QED) is 0.559. The van der Waals surface area contributed by atoms with E-state index in [2.05, 4.69) is 58.5 Å². The first-order valence-corrected chi connectivity index (χ1v) is 6.13. The second kappa shape index (κ2) is 4.08. The van der Waals surface area contributed by atoms with Crippen LogP contribution < -0.4 is 5.32 Å². The minimum atomic E-state index is 0.119. The number of H-pyrrole nitrogens is 2. The van der Waals surface area contributed by atoms with Gasteiger partial charge in [0.15, 0.2) is 5.82 Å². The van der Waals surface area contributed by atoms with Gasteiger partial charge in [-0.3, -0.25) is 0 Å². The lowest BCUT2D eigenvalue weighted by Gasteiger charge is -2.29. The molecule has 0 spiro atoms. The Morgan fingerprint density at radius 1 is 1.20 bits per heavy atom. The molecule has 0 saturated carbocycles. The number of aromatic nitrogens is 10. The lowest BCUT2D eigenvalue weighted by molar-refractivity contribution is 0.420. The van der Waals surface area contributed by atoms with Gasteiger partial charge < -0.3 is 9.88 Å². The van der Waals surface area contributed by atoms with Gasteiger partial charge in [-0.1, -0.05) is 5.21 Å². The lowest BCUT2D eigenvalue weighted by atomic mass is 9.99. The van der Waals surface area contributed by atoms with E-state index in [9.17, 15) is 0 Å². The fourth-order valence-electron chi connectivity index (χ4n) is 2.41. The van der Waals surface area contributed by atoms with Gasteiger partial charge in [-0.25, -0.2) is 4.98 Å². The largest absolute Gasteiger partial charge is 0.355 e. The van der Waals surface area contributed by atoms with Crippen LogP contribution in [0.1, 0.15) is 24.7 Å². The van der Waals surface area contributed by atoms with Crippen LogP contribution in [0.4, 0.5) is 5.95 Å². The predicted octanol–water partition coefficient (Wildman–Crippen LogP) is -0.653. The molecule has 3 N–H and O–H groups in total. The van der Waals surface area contributed by atoms with Crippen molar-refractivity contribution in [3.8, 4) is 11.5 Å². The third-order valence-corrected chi connectivity index (χ3v) is 3.50. The molecule has 0 aromatic carbocycles. The van der Waals surface area contributed by atoms with Gasteiger partial charge in [0.2, 0.25) is 11.8 Å². The summed E-state index contributed by atoms with van der Waals surface area (Å²) in [5.74, 6) is 2.05. The molecule has 2 atom stereocenters. The van der Waals surface area contributed by atoms with Crippen molar-refractivity contribution < 1.29 is 0 Å². The summed E-state index contributed by atoms with van der Waals surface area (Å²) in [6.45, 7) is 2.79. The number of hydrogen-bond donors (Lipinski definition) is 3. The summed E-state index contributed by atoms with van der Waals surface area (Å²) in [4.78, 5) is 4.46. The highest BCUT2D eigenvalue weighted by Gasteiger charge is 2.31. The Bertz CT molecular complexity index is 696. The molecule has 3 aromatic rings.